The highest BCUT2D eigenvalue weighted by molar-refractivity contribution is 5.92. The number of carbonyl (C=O) groups excluding carboxylic acids is 1. The molecule has 6 nitrogen and oxygen atoms in total. The van der Waals surface area contributed by atoms with E-state index in [4.69, 9.17) is 0 Å². The van der Waals surface area contributed by atoms with Crippen LogP contribution in [0.2, 0.25) is 0 Å². The molecule has 21 heavy (non-hydrogen) atoms. The number of ether oxygens (including phenoxy) is 1. The van der Waals surface area contributed by atoms with Crippen LogP contribution in [0.5, 0.6) is 0 Å². The Morgan fingerprint density at radius 1 is 1.43 bits per heavy atom. The highest BCUT2D eigenvalue weighted by Gasteiger charge is 2.31. The molecular formula is C13H12F2N4O2. The number of fused-ring (bicyclic) bond motifs is 1. The number of nitrogens with one attached hydrogen (secondary N) is 1. The van der Waals surface area contributed by atoms with E-state index >= 15 is 0 Å². The van der Waals surface area contributed by atoms with Crippen molar-refractivity contribution >= 4 is 11.8 Å². The minimum atomic E-state index is -0.659. The normalized spacial score (nSPS) is 17.0. The number of nitrogens with zero attached hydrogens (tertiary/aromatic N) is 3. The van der Waals surface area contributed by atoms with Crippen LogP contribution in [-0.2, 0) is 4.74 Å². The standard InChI is InChI=1S/C13H12F2N4O2/c1-21-13(20)11-12-16-6-5-9(19(12)18-17-11)10-7(14)3-2-4-8(10)15/h2-4,9,16H,5-6H2,1H3. The summed E-state index contributed by atoms with van der Waals surface area (Å²) in [6.45, 7) is 0.440. The van der Waals surface area contributed by atoms with E-state index in [9.17, 15) is 13.6 Å². The Hall–Kier alpha value is -2.51. The molecule has 3 rings (SSSR count). The molecule has 1 unspecified atom stereocenters. The Bertz CT molecular complexity index is 681. The van der Waals surface area contributed by atoms with Gasteiger partial charge in [0.25, 0.3) is 0 Å². The molecule has 0 fully saturated rings. The predicted molar refractivity (Wildman–Crippen MR) is 69.0 cm³/mol. The van der Waals surface area contributed by atoms with E-state index in [0.717, 1.165) is 0 Å². The molecule has 0 radical (unpaired) electrons. The van der Waals surface area contributed by atoms with Gasteiger partial charge in [-0.25, -0.2) is 18.3 Å². The van der Waals surface area contributed by atoms with Crippen molar-refractivity contribution in [2.45, 2.75) is 12.5 Å². The van der Waals surface area contributed by atoms with Crippen LogP contribution >= 0.6 is 0 Å². The summed E-state index contributed by atoms with van der Waals surface area (Å²) < 4.78 is 33.8. The zero-order valence-electron chi connectivity index (χ0n) is 11.1. The first-order valence-corrected chi connectivity index (χ1v) is 6.34. The third kappa shape index (κ3) is 2.12. The van der Waals surface area contributed by atoms with Crippen molar-refractivity contribution < 1.29 is 18.3 Å². The van der Waals surface area contributed by atoms with E-state index in [2.05, 4.69) is 20.4 Å². The van der Waals surface area contributed by atoms with Gasteiger partial charge in [-0.15, -0.1) is 5.10 Å². The molecule has 1 N–H and O–H groups in total. The summed E-state index contributed by atoms with van der Waals surface area (Å²) in [6.07, 6.45) is 0.425. The average Bonchev–Trinajstić information content (AvgIpc) is 2.91. The Labute approximate surface area is 118 Å². The number of hydrogen-bond acceptors (Lipinski definition) is 5. The molecular weight excluding hydrogens is 282 g/mol. The number of benzene rings is 1. The molecule has 0 amide bonds. The number of carbonyl (C=O) groups is 1. The molecule has 110 valence electrons. The van der Waals surface area contributed by atoms with Gasteiger partial charge in [0.2, 0.25) is 5.69 Å². The highest BCUT2D eigenvalue weighted by Crippen LogP contribution is 2.33. The lowest BCUT2D eigenvalue weighted by Gasteiger charge is -2.25. The van der Waals surface area contributed by atoms with E-state index in [-0.39, 0.29) is 11.3 Å². The number of halogens is 2. The first-order valence-electron chi connectivity index (χ1n) is 6.34. The Morgan fingerprint density at radius 3 is 2.81 bits per heavy atom. The largest absolute Gasteiger partial charge is 0.464 e. The van der Waals surface area contributed by atoms with Crippen LogP contribution in [-0.4, -0.2) is 34.6 Å². The minimum absolute atomic E-state index is 0.000975. The summed E-state index contributed by atoms with van der Waals surface area (Å²) in [5.74, 6) is -1.65. The van der Waals surface area contributed by atoms with Crippen molar-refractivity contribution in [3.05, 3.63) is 41.1 Å². The number of methoxy groups -OCH3 is 1. The molecule has 0 bridgehead atoms. The summed E-state index contributed by atoms with van der Waals surface area (Å²) in [6, 6.07) is 3.03. The SMILES string of the molecule is COC(=O)c1nnn2c1NCCC2c1c(F)cccc1F. The molecule has 2 heterocycles. The predicted octanol–water partition coefficient (Wildman–Crippen LogP) is 1.75. The summed E-state index contributed by atoms with van der Waals surface area (Å²) in [5.41, 5.74) is -0.0829. The zero-order chi connectivity index (χ0) is 15.0. The lowest BCUT2D eigenvalue weighted by Crippen LogP contribution is -2.26. The topological polar surface area (TPSA) is 69.0 Å². The molecule has 1 aliphatic rings. The first kappa shape index (κ1) is 13.5. The summed E-state index contributed by atoms with van der Waals surface area (Å²) in [7, 11) is 1.23. The number of hydrogen-bond donors (Lipinski definition) is 1. The van der Waals surface area contributed by atoms with Gasteiger partial charge in [-0.3, -0.25) is 0 Å². The van der Waals surface area contributed by atoms with Crippen LogP contribution in [0.3, 0.4) is 0 Å². The monoisotopic (exact) mass is 294 g/mol. The minimum Gasteiger partial charge on any atom is -0.464 e. The second-order valence-corrected chi connectivity index (χ2v) is 4.59. The molecule has 1 aliphatic heterocycles. The van der Waals surface area contributed by atoms with E-state index in [1.165, 1.54) is 30.0 Å². The molecule has 1 atom stereocenters. The fourth-order valence-corrected chi connectivity index (χ4v) is 2.46. The Morgan fingerprint density at radius 2 is 2.14 bits per heavy atom. The first-order chi connectivity index (χ1) is 10.1. The lowest BCUT2D eigenvalue weighted by molar-refractivity contribution is 0.0595. The molecule has 8 heteroatoms. The van der Waals surface area contributed by atoms with Gasteiger partial charge in [0.15, 0.2) is 5.82 Å². The van der Waals surface area contributed by atoms with Gasteiger partial charge >= 0.3 is 5.97 Å². The number of rotatable bonds is 2. The number of anilines is 1. The van der Waals surface area contributed by atoms with Crippen molar-refractivity contribution in [1.82, 2.24) is 15.0 Å². The quantitative estimate of drug-likeness (QED) is 0.855. The van der Waals surface area contributed by atoms with Crippen molar-refractivity contribution in [3.8, 4) is 0 Å². The van der Waals surface area contributed by atoms with Crippen molar-refractivity contribution in [1.29, 1.82) is 0 Å². The number of aromatic nitrogens is 3. The second-order valence-electron chi connectivity index (χ2n) is 4.59. The van der Waals surface area contributed by atoms with Gasteiger partial charge in [-0.05, 0) is 18.6 Å². The maximum atomic E-state index is 13.9. The zero-order valence-corrected chi connectivity index (χ0v) is 11.1. The third-order valence-electron chi connectivity index (χ3n) is 3.41. The molecule has 0 aliphatic carbocycles. The molecule has 0 spiro atoms. The number of esters is 1. The fourth-order valence-electron chi connectivity index (χ4n) is 2.46. The van der Waals surface area contributed by atoms with Crippen LogP contribution in [0, 0.1) is 11.6 Å². The van der Waals surface area contributed by atoms with E-state index in [1.807, 2.05) is 0 Å². The van der Waals surface area contributed by atoms with Crippen LogP contribution in [0.15, 0.2) is 18.2 Å². The maximum absolute atomic E-state index is 13.9. The average molecular weight is 294 g/mol. The van der Waals surface area contributed by atoms with Gasteiger partial charge < -0.3 is 10.1 Å². The highest BCUT2D eigenvalue weighted by atomic mass is 19.1. The Balaban J connectivity index is 2.10. The van der Waals surface area contributed by atoms with E-state index in [1.54, 1.807) is 0 Å². The molecule has 1 aromatic carbocycles. The van der Waals surface area contributed by atoms with Crippen LogP contribution in [0.25, 0.3) is 0 Å². The third-order valence-corrected chi connectivity index (χ3v) is 3.41. The van der Waals surface area contributed by atoms with Crippen LogP contribution in [0.1, 0.15) is 28.5 Å². The van der Waals surface area contributed by atoms with Crippen LogP contribution in [0.4, 0.5) is 14.6 Å². The van der Waals surface area contributed by atoms with E-state index < -0.39 is 23.6 Å². The molecule has 0 saturated heterocycles. The second kappa shape index (κ2) is 5.12. The molecule has 1 aromatic heterocycles. The van der Waals surface area contributed by atoms with E-state index in [0.29, 0.717) is 18.8 Å². The van der Waals surface area contributed by atoms with Gasteiger partial charge in [-0.2, -0.15) is 0 Å². The van der Waals surface area contributed by atoms with Crippen molar-refractivity contribution in [2.24, 2.45) is 0 Å². The molecule has 0 saturated carbocycles. The summed E-state index contributed by atoms with van der Waals surface area (Å²) in [4.78, 5) is 11.6. The lowest BCUT2D eigenvalue weighted by atomic mass is 10.0. The fraction of sp³-hybridized carbons (Fsp3) is 0.308. The van der Waals surface area contributed by atoms with Crippen LogP contribution < -0.4 is 5.32 Å². The summed E-state index contributed by atoms with van der Waals surface area (Å²) in [5, 5.41) is 10.5. The Kier molecular flexibility index (Phi) is 3.28. The summed E-state index contributed by atoms with van der Waals surface area (Å²) >= 11 is 0. The smallest absolute Gasteiger partial charge is 0.362 e. The maximum Gasteiger partial charge on any atom is 0.362 e. The van der Waals surface area contributed by atoms with Crippen molar-refractivity contribution in [2.75, 3.05) is 19.0 Å². The van der Waals surface area contributed by atoms with Gasteiger partial charge in [-0.1, -0.05) is 11.3 Å². The van der Waals surface area contributed by atoms with Gasteiger partial charge in [0.1, 0.15) is 11.6 Å². The van der Waals surface area contributed by atoms with Crippen molar-refractivity contribution in [3.63, 3.8) is 0 Å². The molecule has 2 aromatic rings. The van der Waals surface area contributed by atoms with Gasteiger partial charge in [0, 0.05) is 12.1 Å². The van der Waals surface area contributed by atoms with Gasteiger partial charge in [0.05, 0.1) is 13.2 Å².